The molecule has 0 aliphatic heterocycles. The Bertz CT molecular complexity index is 248. The lowest BCUT2D eigenvalue weighted by atomic mass is 10.1. The molecule has 0 aromatic carbocycles. The van der Waals surface area contributed by atoms with Crippen molar-refractivity contribution in [3.8, 4) is 0 Å². The lowest BCUT2D eigenvalue weighted by Crippen LogP contribution is -2.40. The second-order valence-electron chi connectivity index (χ2n) is 3.88. The molecule has 100 valence electrons. The highest BCUT2D eigenvalue weighted by atomic mass is 16.4. The van der Waals surface area contributed by atoms with E-state index in [1.54, 1.807) is 0 Å². The fourth-order valence-electron chi connectivity index (χ4n) is 1.78. The molecule has 0 aromatic heterocycles. The van der Waals surface area contributed by atoms with E-state index in [2.05, 4.69) is 4.99 Å². The van der Waals surface area contributed by atoms with Crippen molar-refractivity contribution in [2.45, 2.75) is 39.2 Å². The Hall–Kier alpha value is -1.30. The van der Waals surface area contributed by atoms with Gasteiger partial charge in [-0.2, -0.15) is 0 Å². The topological polar surface area (TPSA) is 105 Å². The first-order valence-corrected chi connectivity index (χ1v) is 6.05. The van der Waals surface area contributed by atoms with Crippen LogP contribution in [-0.2, 0) is 4.79 Å². The minimum Gasteiger partial charge on any atom is -0.480 e. The molecule has 0 saturated carbocycles. The van der Waals surface area contributed by atoms with Crippen LogP contribution in [0.25, 0.3) is 0 Å². The Morgan fingerprint density at radius 2 is 1.88 bits per heavy atom. The highest BCUT2D eigenvalue weighted by Crippen LogP contribution is 2.09. The fourth-order valence-corrected chi connectivity index (χ4v) is 1.78. The van der Waals surface area contributed by atoms with Crippen LogP contribution >= 0.6 is 0 Å². The van der Waals surface area contributed by atoms with Crippen LogP contribution < -0.4 is 11.5 Å². The number of hydrogen-bond donors (Lipinski definition) is 3. The number of nitrogens with two attached hydrogens (primary N) is 2. The molecule has 0 radical (unpaired) electrons. The maximum Gasteiger partial charge on any atom is 0.320 e. The highest BCUT2D eigenvalue weighted by molar-refractivity contribution is 5.75. The molecule has 6 nitrogen and oxygen atoms in total. The van der Waals surface area contributed by atoms with Crippen LogP contribution in [0.3, 0.4) is 0 Å². The number of guanidine groups is 1. The SMILES string of the molecule is CCN(CC)[C@H](CCCCN=C(N)N)C(=O)O. The summed E-state index contributed by atoms with van der Waals surface area (Å²) in [5.74, 6) is -0.668. The Balaban J connectivity index is 4.02. The second-order valence-corrected chi connectivity index (χ2v) is 3.88. The van der Waals surface area contributed by atoms with Crippen molar-refractivity contribution in [2.24, 2.45) is 16.5 Å². The normalized spacial score (nSPS) is 12.4. The van der Waals surface area contributed by atoms with Gasteiger partial charge in [0, 0.05) is 6.54 Å². The Labute approximate surface area is 103 Å². The summed E-state index contributed by atoms with van der Waals surface area (Å²) in [5.41, 5.74) is 10.4. The molecular weight excluding hydrogens is 220 g/mol. The summed E-state index contributed by atoms with van der Waals surface area (Å²) in [6.45, 7) is 6.01. The van der Waals surface area contributed by atoms with Gasteiger partial charge in [-0.05, 0) is 32.4 Å². The monoisotopic (exact) mass is 244 g/mol. The molecule has 1 atom stereocenters. The number of aliphatic carboxylic acids is 1. The van der Waals surface area contributed by atoms with Crippen molar-refractivity contribution in [3.63, 3.8) is 0 Å². The predicted octanol–water partition coefficient (Wildman–Crippen LogP) is 0.225. The molecule has 0 fully saturated rings. The van der Waals surface area contributed by atoms with E-state index in [0.29, 0.717) is 13.0 Å². The third-order valence-electron chi connectivity index (χ3n) is 2.72. The molecule has 0 amide bonds. The number of carboxylic acid groups (broad SMARTS) is 1. The quantitative estimate of drug-likeness (QED) is 0.306. The molecular formula is C11H24N4O2. The van der Waals surface area contributed by atoms with Gasteiger partial charge in [-0.25, -0.2) is 0 Å². The first-order valence-electron chi connectivity index (χ1n) is 6.05. The Morgan fingerprint density at radius 3 is 2.29 bits per heavy atom. The molecule has 0 rings (SSSR count). The highest BCUT2D eigenvalue weighted by Gasteiger charge is 2.22. The zero-order valence-corrected chi connectivity index (χ0v) is 10.7. The van der Waals surface area contributed by atoms with E-state index in [-0.39, 0.29) is 5.96 Å². The van der Waals surface area contributed by atoms with Crippen molar-refractivity contribution in [3.05, 3.63) is 0 Å². The number of aliphatic imine (C=N–C) groups is 1. The number of likely N-dealkylation sites (N-methyl/N-ethyl adjacent to an activating group) is 1. The number of nitrogens with zero attached hydrogens (tertiary/aromatic N) is 2. The lowest BCUT2D eigenvalue weighted by molar-refractivity contribution is -0.143. The van der Waals surface area contributed by atoms with Crippen LogP contribution in [0, 0.1) is 0 Å². The number of rotatable bonds is 9. The van der Waals surface area contributed by atoms with E-state index in [4.69, 9.17) is 16.6 Å². The van der Waals surface area contributed by atoms with Gasteiger partial charge in [0.15, 0.2) is 5.96 Å². The van der Waals surface area contributed by atoms with Crippen LogP contribution in [0.4, 0.5) is 0 Å². The summed E-state index contributed by atoms with van der Waals surface area (Å²) < 4.78 is 0. The van der Waals surface area contributed by atoms with Gasteiger partial charge in [-0.1, -0.05) is 13.8 Å². The Kier molecular flexibility index (Phi) is 8.13. The van der Waals surface area contributed by atoms with Gasteiger partial charge >= 0.3 is 5.97 Å². The van der Waals surface area contributed by atoms with Gasteiger partial charge in [0.2, 0.25) is 0 Å². The summed E-state index contributed by atoms with van der Waals surface area (Å²) in [7, 11) is 0. The first-order chi connectivity index (χ1) is 8.02. The lowest BCUT2D eigenvalue weighted by Gasteiger charge is -2.25. The zero-order chi connectivity index (χ0) is 13.3. The number of carbonyl (C=O) groups is 1. The maximum absolute atomic E-state index is 11.1. The second kappa shape index (κ2) is 8.81. The fraction of sp³-hybridized carbons (Fsp3) is 0.818. The minimum atomic E-state index is -0.754. The van der Waals surface area contributed by atoms with Crippen molar-refractivity contribution >= 4 is 11.9 Å². The third kappa shape index (κ3) is 6.78. The molecule has 0 bridgehead atoms. The summed E-state index contributed by atoms with van der Waals surface area (Å²) in [6.07, 6.45) is 2.25. The molecule has 0 spiro atoms. The van der Waals surface area contributed by atoms with Crippen molar-refractivity contribution < 1.29 is 9.90 Å². The van der Waals surface area contributed by atoms with Gasteiger partial charge < -0.3 is 16.6 Å². The first kappa shape index (κ1) is 15.7. The van der Waals surface area contributed by atoms with Crippen LogP contribution in [0.5, 0.6) is 0 Å². The van der Waals surface area contributed by atoms with Gasteiger partial charge in [-0.15, -0.1) is 0 Å². The predicted molar refractivity (Wildman–Crippen MR) is 68.9 cm³/mol. The smallest absolute Gasteiger partial charge is 0.320 e. The van der Waals surface area contributed by atoms with Crippen LogP contribution in [0.15, 0.2) is 4.99 Å². The van der Waals surface area contributed by atoms with Gasteiger partial charge in [-0.3, -0.25) is 14.7 Å². The number of hydrogen-bond acceptors (Lipinski definition) is 3. The summed E-state index contributed by atoms with van der Waals surface area (Å²) in [4.78, 5) is 16.9. The zero-order valence-electron chi connectivity index (χ0n) is 10.7. The molecule has 17 heavy (non-hydrogen) atoms. The molecule has 0 unspecified atom stereocenters. The van der Waals surface area contributed by atoms with Crippen molar-refractivity contribution in [1.29, 1.82) is 0 Å². The molecule has 0 aliphatic rings. The van der Waals surface area contributed by atoms with E-state index in [1.807, 2.05) is 18.7 Å². The van der Waals surface area contributed by atoms with Gasteiger partial charge in [0.1, 0.15) is 6.04 Å². The van der Waals surface area contributed by atoms with Crippen LogP contribution in [0.1, 0.15) is 33.1 Å². The molecule has 0 saturated heterocycles. The van der Waals surface area contributed by atoms with E-state index < -0.39 is 12.0 Å². The van der Waals surface area contributed by atoms with Crippen LogP contribution in [0.2, 0.25) is 0 Å². The largest absolute Gasteiger partial charge is 0.480 e. The standard InChI is InChI=1S/C11H24N4O2/c1-3-15(4-2)9(10(16)17)7-5-6-8-14-11(12)13/h9H,3-8H2,1-2H3,(H,16,17)(H4,12,13,14)/t9-/m1/s1. The summed E-state index contributed by atoms with van der Waals surface area (Å²) >= 11 is 0. The van der Waals surface area contributed by atoms with Gasteiger partial charge in [0.25, 0.3) is 0 Å². The van der Waals surface area contributed by atoms with E-state index in [1.165, 1.54) is 0 Å². The van der Waals surface area contributed by atoms with Crippen molar-refractivity contribution in [1.82, 2.24) is 4.90 Å². The maximum atomic E-state index is 11.1. The number of carboxylic acids is 1. The minimum absolute atomic E-state index is 0.0866. The van der Waals surface area contributed by atoms with Crippen LogP contribution in [-0.4, -0.2) is 47.6 Å². The molecule has 0 heterocycles. The summed E-state index contributed by atoms with van der Waals surface area (Å²) in [5, 5.41) is 9.14. The molecule has 6 heteroatoms. The summed E-state index contributed by atoms with van der Waals surface area (Å²) in [6, 6.07) is -0.399. The van der Waals surface area contributed by atoms with E-state index in [9.17, 15) is 4.79 Å². The van der Waals surface area contributed by atoms with E-state index >= 15 is 0 Å². The van der Waals surface area contributed by atoms with Crippen molar-refractivity contribution in [2.75, 3.05) is 19.6 Å². The van der Waals surface area contributed by atoms with Gasteiger partial charge in [0.05, 0.1) is 0 Å². The average Bonchev–Trinajstić information content (AvgIpc) is 2.26. The Morgan fingerprint density at radius 1 is 1.29 bits per heavy atom. The average molecular weight is 244 g/mol. The molecule has 0 aliphatic carbocycles. The van der Waals surface area contributed by atoms with E-state index in [0.717, 1.165) is 25.9 Å². The molecule has 5 N–H and O–H groups in total. The molecule has 0 aromatic rings. The third-order valence-corrected chi connectivity index (χ3v) is 2.72. The number of unbranched alkanes of at least 4 members (excludes halogenated alkanes) is 1.